The molecule has 1 rings (SSSR count). The highest BCUT2D eigenvalue weighted by molar-refractivity contribution is 14.1. The molecule has 0 aromatic carbocycles. The van der Waals surface area contributed by atoms with Crippen molar-refractivity contribution in [2.45, 2.75) is 26.4 Å². The summed E-state index contributed by atoms with van der Waals surface area (Å²) in [5.74, 6) is -0.409. The Morgan fingerprint density at radius 2 is 2.08 bits per heavy atom. The van der Waals surface area contributed by atoms with E-state index in [1.807, 2.05) is 43.4 Å². The molecule has 0 atom stereocenters. The number of aromatic nitrogens is 2. The van der Waals surface area contributed by atoms with Crippen LogP contribution in [0.3, 0.4) is 0 Å². The van der Waals surface area contributed by atoms with Gasteiger partial charge < -0.3 is 4.74 Å². The van der Waals surface area contributed by atoms with Crippen molar-refractivity contribution in [2.24, 2.45) is 0 Å². The van der Waals surface area contributed by atoms with Gasteiger partial charge in [-0.15, -0.1) is 10.2 Å². The molecule has 0 N–H and O–H groups in total. The summed E-state index contributed by atoms with van der Waals surface area (Å²) in [6, 6.07) is 0. The average Bonchev–Trinajstić information content (AvgIpc) is 2.31. The van der Waals surface area contributed by atoms with Crippen LogP contribution >= 0.6 is 33.9 Å². The fourth-order valence-electron chi connectivity index (χ4n) is 0.610. The van der Waals surface area contributed by atoms with Crippen LogP contribution in [-0.2, 0) is 4.74 Å². The quantitative estimate of drug-likeness (QED) is 0.589. The molecule has 0 saturated heterocycles. The first-order valence-corrected chi connectivity index (χ1v) is 5.50. The summed E-state index contributed by atoms with van der Waals surface area (Å²) >= 11 is 3.23. The van der Waals surface area contributed by atoms with Crippen molar-refractivity contribution >= 4 is 39.9 Å². The third-order valence-corrected chi connectivity index (χ3v) is 2.54. The predicted octanol–water partition coefficient (Wildman–Crippen LogP) is 2.10. The van der Waals surface area contributed by atoms with Gasteiger partial charge in [-0.1, -0.05) is 11.3 Å². The number of halogens is 1. The van der Waals surface area contributed by atoms with Gasteiger partial charge in [0.1, 0.15) is 5.60 Å². The number of esters is 1. The molecule has 0 unspecified atom stereocenters. The zero-order chi connectivity index (χ0) is 10.1. The van der Waals surface area contributed by atoms with E-state index in [1.165, 1.54) is 11.3 Å². The van der Waals surface area contributed by atoms with E-state index >= 15 is 0 Å². The summed E-state index contributed by atoms with van der Waals surface area (Å²) in [6.45, 7) is 5.45. The van der Waals surface area contributed by atoms with E-state index in [2.05, 4.69) is 10.2 Å². The summed E-state index contributed by atoms with van der Waals surface area (Å²) in [7, 11) is 0. The summed E-state index contributed by atoms with van der Waals surface area (Å²) in [5.41, 5.74) is -0.478. The molecule has 0 aliphatic rings. The van der Waals surface area contributed by atoms with Gasteiger partial charge in [-0.05, 0) is 43.4 Å². The Hall–Kier alpha value is -0.240. The van der Waals surface area contributed by atoms with E-state index in [0.717, 1.165) is 3.01 Å². The molecule has 0 bridgehead atoms. The second-order valence-electron chi connectivity index (χ2n) is 3.36. The van der Waals surface area contributed by atoms with Crippen molar-refractivity contribution in [3.63, 3.8) is 0 Å². The molecule has 6 heteroatoms. The number of hydrogen-bond donors (Lipinski definition) is 0. The van der Waals surface area contributed by atoms with Gasteiger partial charge in [0.15, 0.2) is 3.01 Å². The highest BCUT2D eigenvalue weighted by Gasteiger charge is 2.20. The molecule has 1 aromatic heterocycles. The molecule has 0 spiro atoms. The van der Waals surface area contributed by atoms with Crippen LogP contribution in [0.4, 0.5) is 0 Å². The number of ether oxygens (including phenoxy) is 1. The fraction of sp³-hybridized carbons (Fsp3) is 0.571. The molecular weight excluding hydrogens is 303 g/mol. The van der Waals surface area contributed by atoms with E-state index in [1.54, 1.807) is 0 Å². The number of carbonyl (C=O) groups is 1. The first kappa shape index (κ1) is 10.8. The molecule has 0 radical (unpaired) electrons. The Morgan fingerprint density at radius 1 is 1.46 bits per heavy atom. The van der Waals surface area contributed by atoms with E-state index in [0.29, 0.717) is 5.01 Å². The van der Waals surface area contributed by atoms with Gasteiger partial charge in [-0.25, -0.2) is 4.79 Å². The zero-order valence-corrected chi connectivity index (χ0v) is 10.5. The normalized spacial score (nSPS) is 11.4. The van der Waals surface area contributed by atoms with Crippen LogP contribution in [0.1, 0.15) is 30.6 Å². The van der Waals surface area contributed by atoms with Gasteiger partial charge in [0, 0.05) is 0 Å². The van der Waals surface area contributed by atoms with Gasteiger partial charge in [-0.3, -0.25) is 0 Å². The van der Waals surface area contributed by atoms with Gasteiger partial charge >= 0.3 is 5.97 Å². The molecular formula is C7H9IN2O2S. The maximum atomic E-state index is 11.4. The van der Waals surface area contributed by atoms with Crippen LogP contribution in [0.25, 0.3) is 0 Å². The Labute approximate surface area is 93.8 Å². The van der Waals surface area contributed by atoms with Gasteiger partial charge in [0.05, 0.1) is 0 Å². The molecule has 13 heavy (non-hydrogen) atoms. The van der Waals surface area contributed by atoms with Gasteiger partial charge in [0.25, 0.3) is 0 Å². The molecule has 0 saturated carbocycles. The monoisotopic (exact) mass is 312 g/mol. The van der Waals surface area contributed by atoms with E-state index < -0.39 is 11.6 Å². The van der Waals surface area contributed by atoms with Crippen LogP contribution in [0.5, 0.6) is 0 Å². The molecule has 1 aromatic rings. The number of carbonyl (C=O) groups excluding carboxylic acids is 1. The van der Waals surface area contributed by atoms with Gasteiger partial charge in [-0.2, -0.15) is 0 Å². The lowest BCUT2D eigenvalue weighted by molar-refractivity contribution is 0.00683. The molecule has 72 valence electrons. The highest BCUT2D eigenvalue weighted by atomic mass is 127. The Bertz CT molecular complexity index is 319. The summed E-state index contributed by atoms with van der Waals surface area (Å²) < 4.78 is 5.84. The third kappa shape index (κ3) is 3.55. The molecule has 0 aliphatic heterocycles. The summed E-state index contributed by atoms with van der Waals surface area (Å²) in [5, 5.41) is 7.71. The van der Waals surface area contributed by atoms with Crippen molar-refractivity contribution in [2.75, 3.05) is 0 Å². The number of hydrogen-bond acceptors (Lipinski definition) is 5. The lowest BCUT2D eigenvalue weighted by atomic mass is 10.2. The maximum absolute atomic E-state index is 11.4. The van der Waals surface area contributed by atoms with Crippen molar-refractivity contribution in [1.29, 1.82) is 0 Å². The summed E-state index contributed by atoms with van der Waals surface area (Å²) in [6.07, 6.45) is 0. The molecule has 4 nitrogen and oxygen atoms in total. The van der Waals surface area contributed by atoms with E-state index in [9.17, 15) is 4.79 Å². The lowest BCUT2D eigenvalue weighted by Crippen LogP contribution is -2.23. The van der Waals surface area contributed by atoms with Crippen LogP contribution in [0.2, 0.25) is 0 Å². The minimum absolute atomic E-state index is 0.305. The molecule has 0 aliphatic carbocycles. The second kappa shape index (κ2) is 3.87. The van der Waals surface area contributed by atoms with Crippen molar-refractivity contribution in [3.05, 3.63) is 8.02 Å². The van der Waals surface area contributed by atoms with Crippen molar-refractivity contribution < 1.29 is 9.53 Å². The maximum Gasteiger partial charge on any atom is 0.369 e. The van der Waals surface area contributed by atoms with Crippen LogP contribution < -0.4 is 0 Å². The first-order chi connectivity index (χ1) is 5.88. The molecule has 1 heterocycles. The van der Waals surface area contributed by atoms with Crippen molar-refractivity contribution in [3.8, 4) is 0 Å². The topological polar surface area (TPSA) is 52.1 Å². The summed E-state index contributed by atoms with van der Waals surface area (Å²) in [4.78, 5) is 11.4. The number of rotatable bonds is 1. The predicted molar refractivity (Wildman–Crippen MR) is 57.8 cm³/mol. The minimum Gasteiger partial charge on any atom is -0.455 e. The SMILES string of the molecule is CC(C)(C)OC(=O)c1nnc(I)s1. The molecule has 0 amide bonds. The Kier molecular flexibility index (Phi) is 3.23. The standard InChI is InChI=1S/C7H9IN2O2S/c1-7(2,3)12-5(11)4-9-10-6(8)13-4/h1-3H3. The largest absolute Gasteiger partial charge is 0.455 e. The third-order valence-electron chi connectivity index (χ3n) is 0.974. The first-order valence-electron chi connectivity index (χ1n) is 3.61. The highest BCUT2D eigenvalue weighted by Crippen LogP contribution is 2.16. The minimum atomic E-state index is -0.478. The number of nitrogens with zero attached hydrogens (tertiary/aromatic N) is 2. The zero-order valence-electron chi connectivity index (χ0n) is 7.50. The molecule has 0 fully saturated rings. The van der Waals surface area contributed by atoms with Crippen molar-refractivity contribution in [1.82, 2.24) is 10.2 Å². The Balaban J connectivity index is 2.70. The van der Waals surface area contributed by atoms with Crippen LogP contribution in [0.15, 0.2) is 0 Å². The van der Waals surface area contributed by atoms with Crippen LogP contribution in [0, 0.1) is 3.01 Å². The lowest BCUT2D eigenvalue weighted by Gasteiger charge is -2.17. The average molecular weight is 312 g/mol. The fourth-order valence-corrected chi connectivity index (χ4v) is 1.79. The van der Waals surface area contributed by atoms with Gasteiger partial charge in [0.2, 0.25) is 5.01 Å². The Morgan fingerprint density at radius 3 is 2.46 bits per heavy atom. The van der Waals surface area contributed by atoms with E-state index in [-0.39, 0.29) is 0 Å². The second-order valence-corrected chi connectivity index (χ2v) is 6.09. The smallest absolute Gasteiger partial charge is 0.369 e. The van der Waals surface area contributed by atoms with Crippen LogP contribution in [-0.4, -0.2) is 21.8 Å². The van der Waals surface area contributed by atoms with E-state index in [4.69, 9.17) is 4.74 Å².